The van der Waals surface area contributed by atoms with Crippen molar-refractivity contribution in [3.63, 3.8) is 0 Å². The normalized spacial score (nSPS) is 16.8. The molecule has 0 spiro atoms. The maximum absolute atomic E-state index is 6.34. The van der Waals surface area contributed by atoms with Crippen LogP contribution in [0.1, 0.15) is 66.8 Å². The Morgan fingerprint density at radius 3 is 2.72 bits per heavy atom. The van der Waals surface area contributed by atoms with E-state index in [2.05, 4.69) is 10.6 Å². The van der Waals surface area contributed by atoms with Crippen molar-refractivity contribution in [1.29, 1.82) is 0 Å². The molecule has 32 heavy (non-hydrogen) atoms. The molecule has 2 aliphatic carbocycles. The van der Waals surface area contributed by atoms with Gasteiger partial charge in [-0.25, -0.2) is 9.97 Å². The standard InChI is InChI=1S/C25H31ClN4OS/c1-31-20-12-11-16(13-19(20)26)14-28-24-23-18-9-5-6-10-21(18)32-25(23)30-22(29-24)15-27-17-7-3-2-4-8-17/h11-13,17,27H,2-10,14-15H2,1H3,(H,28,29,30). The van der Waals surface area contributed by atoms with Gasteiger partial charge in [0, 0.05) is 17.5 Å². The number of ether oxygens (including phenoxy) is 1. The smallest absolute Gasteiger partial charge is 0.146 e. The van der Waals surface area contributed by atoms with Crippen molar-refractivity contribution < 1.29 is 4.74 Å². The first-order valence-electron chi connectivity index (χ1n) is 11.8. The Morgan fingerprint density at radius 1 is 1.06 bits per heavy atom. The van der Waals surface area contributed by atoms with Crippen molar-refractivity contribution in [2.45, 2.75) is 76.9 Å². The minimum atomic E-state index is 0.595. The lowest BCUT2D eigenvalue weighted by molar-refractivity contribution is 0.369. The lowest BCUT2D eigenvalue weighted by Crippen LogP contribution is -2.31. The van der Waals surface area contributed by atoms with Crippen LogP contribution in [0.5, 0.6) is 5.75 Å². The monoisotopic (exact) mass is 470 g/mol. The van der Waals surface area contributed by atoms with Gasteiger partial charge in [0.05, 0.1) is 24.1 Å². The van der Waals surface area contributed by atoms with Crippen LogP contribution in [0.15, 0.2) is 18.2 Å². The zero-order chi connectivity index (χ0) is 21.9. The molecule has 0 aliphatic heterocycles. The van der Waals surface area contributed by atoms with Gasteiger partial charge in [0.2, 0.25) is 0 Å². The van der Waals surface area contributed by atoms with Crippen LogP contribution in [0.25, 0.3) is 10.2 Å². The highest BCUT2D eigenvalue weighted by Crippen LogP contribution is 2.39. The van der Waals surface area contributed by atoms with E-state index < -0.39 is 0 Å². The Bertz CT molecular complexity index is 1090. The first-order valence-corrected chi connectivity index (χ1v) is 13.0. The van der Waals surface area contributed by atoms with Gasteiger partial charge >= 0.3 is 0 Å². The number of nitrogens with zero attached hydrogens (tertiary/aromatic N) is 2. The number of fused-ring (bicyclic) bond motifs is 3. The summed E-state index contributed by atoms with van der Waals surface area (Å²) in [5.74, 6) is 2.54. The average molecular weight is 471 g/mol. The van der Waals surface area contributed by atoms with E-state index in [0.29, 0.717) is 23.4 Å². The SMILES string of the molecule is COc1ccc(CNc2nc(CNC3CCCCC3)nc3sc4c(c23)CCCC4)cc1Cl. The number of hydrogen-bond donors (Lipinski definition) is 2. The Kier molecular flexibility index (Phi) is 6.81. The number of aromatic nitrogens is 2. The summed E-state index contributed by atoms with van der Waals surface area (Å²) in [4.78, 5) is 12.6. The maximum Gasteiger partial charge on any atom is 0.146 e. The molecule has 1 fully saturated rings. The summed E-state index contributed by atoms with van der Waals surface area (Å²) in [6, 6.07) is 6.52. The fourth-order valence-electron chi connectivity index (χ4n) is 4.96. The number of thiophene rings is 1. The zero-order valence-corrected chi connectivity index (χ0v) is 20.2. The lowest BCUT2D eigenvalue weighted by Gasteiger charge is -2.22. The van der Waals surface area contributed by atoms with Crippen molar-refractivity contribution in [3.8, 4) is 5.75 Å². The highest BCUT2D eigenvalue weighted by Gasteiger charge is 2.22. The average Bonchev–Trinajstić information content (AvgIpc) is 3.20. The number of nitrogens with one attached hydrogen (secondary N) is 2. The minimum absolute atomic E-state index is 0.595. The Labute approximate surface area is 198 Å². The van der Waals surface area contributed by atoms with Gasteiger partial charge in [-0.3, -0.25) is 0 Å². The predicted molar refractivity (Wildman–Crippen MR) is 133 cm³/mol. The molecule has 0 bridgehead atoms. The summed E-state index contributed by atoms with van der Waals surface area (Å²) in [6.07, 6.45) is 11.4. The summed E-state index contributed by atoms with van der Waals surface area (Å²) in [5.41, 5.74) is 2.56. The van der Waals surface area contributed by atoms with Gasteiger partial charge in [0.1, 0.15) is 22.2 Å². The third-order valence-corrected chi connectivity index (χ3v) is 8.17. The second-order valence-electron chi connectivity index (χ2n) is 8.92. The van der Waals surface area contributed by atoms with Crippen LogP contribution in [0.2, 0.25) is 5.02 Å². The number of hydrogen-bond acceptors (Lipinski definition) is 6. The molecule has 0 amide bonds. The van der Waals surface area contributed by atoms with Crippen molar-refractivity contribution in [2.75, 3.05) is 12.4 Å². The molecule has 1 aromatic carbocycles. The molecule has 2 aromatic heterocycles. The van der Waals surface area contributed by atoms with Gasteiger partial charge in [-0.15, -0.1) is 11.3 Å². The van der Waals surface area contributed by atoms with Crippen molar-refractivity contribution >= 4 is 39.0 Å². The van der Waals surface area contributed by atoms with Gasteiger partial charge < -0.3 is 15.4 Å². The minimum Gasteiger partial charge on any atom is -0.495 e. The van der Waals surface area contributed by atoms with E-state index in [1.54, 1.807) is 7.11 Å². The first kappa shape index (κ1) is 21.9. The highest BCUT2D eigenvalue weighted by atomic mass is 35.5. The molecule has 0 atom stereocenters. The summed E-state index contributed by atoms with van der Waals surface area (Å²) in [7, 11) is 1.64. The number of methoxy groups -OCH3 is 1. The third-order valence-electron chi connectivity index (χ3n) is 6.69. The molecule has 5 rings (SSSR count). The number of halogens is 1. The summed E-state index contributed by atoms with van der Waals surface area (Å²) < 4.78 is 5.29. The molecule has 5 nitrogen and oxygen atoms in total. The highest BCUT2D eigenvalue weighted by molar-refractivity contribution is 7.19. The number of aryl methyl sites for hydroxylation is 2. The molecule has 7 heteroatoms. The van der Waals surface area contributed by atoms with Crippen LogP contribution in [-0.2, 0) is 25.9 Å². The molecular weight excluding hydrogens is 440 g/mol. The molecular formula is C25H31ClN4OS. The van der Waals surface area contributed by atoms with E-state index >= 15 is 0 Å². The van der Waals surface area contributed by atoms with Crippen LogP contribution in [0, 0.1) is 0 Å². The fraction of sp³-hybridized carbons (Fsp3) is 0.520. The molecule has 0 unspecified atom stereocenters. The second-order valence-corrected chi connectivity index (χ2v) is 10.4. The van der Waals surface area contributed by atoms with Crippen LogP contribution in [0.3, 0.4) is 0 Å². The molecule has 2 N–H and O–H groups in total. The van der Waals surface area contributed by atoms with Gasteiger partial charge in [0.25, 0.3) is 0 Å². The zero-order valence-electron chi connectivity index (χ0n) is 18.7. The molecule has 1 saturated carbocycles. The van der Waals surface area contributed by atoms with Crippen LogP contribution >= 0.6 is 22.9 Å². The quantitative estimate of drug-likeness (QED) is 0.426. The van der Waals surface area contributed by atoms with E-state index in [1.807, 2.05) is 29.5 Å². The van der Waals surface area contributed by atoms with Gasteiger partial charge in [-0.2, -0.15) is 0 Å². The number of rotatable bonds is 7. The van der Waals surface area contributed by atoms with E-state index in [-0.39, 0.29) is 0 Å². The van der Waals surface area contributed by atoms with Crippen LogP contribution in [0.4, 0.5) is 5.82 Å². The number of benzene rings is 1. The molecule has 0 saturated heterocycles. The topological polar surface area (TPSA) is 59.1 Å². The molecule has 2 heterocycles. The third kappa shape index (κ3) is 4.73. The summed E-state index contributed by atoms with van der Waals surface area (Å²) in [5, 5.41) is 9.17. The van der Waals surface area contributed by atoms with Gasteiger partial charge in [-0.05, 0) is 61.8 Å². The molecule has 170 valence electrons. The lowest BCUT2D eigenvalue weighted by atomic mass is 9.95. The Balaban J connectivity index is 1.41. The van der Waals surface area contributed by atoms with Crippen molar-refractivity contribution in [3.05, 3.63) is 45.1 Å². The molecule has 2 aliphatic rings. The van der Waals surface area contributed by atoms with Crippen molar-refractivity contribution in [2.24, 2.45) is 0 Å². The maximum atomic E-state index is 6.34. The number of anilines is 1. The second kappa shape index (κ2) is 9.94. The van der Waals surface area contributed by atoms with E-state index in [0.717, 1.165) is 35.0 Å². The first-order chi connectivity index (χ1) is 15.7. The van der Waals surface area contributed by atoms with Crippen LogP contribution < -0.4 is 15.4 Å². The fourth-order valence-corrected chi connectivity index (χ4v) is 6.52. The van der Waals surface area contributed by atoms with Crippen LogP contribution in [-0.4, -0.2) is 23.1 Å². The van der Waals surface area contributed by atoms with E-state index in [1.165, 1.54) is 67.2 Å². The van der Waals surface area contributed by atoms with Crippen molar-refractivity contribution in [1.82, 2.24) is 15.3 Å². The van der Waals surface area contributed by atoms with Gasteiger partial charge in [-0.1, -0.05) is 36.9 Å². The summed E-state index contributed by atoms with van der Waals surface area (Å²) >= 11 is 8.20. The summed E-state index contributed by atoms with van der Waals surface area (Å²) in [6.45, 7) is 1.39. The molecule has 3 aromatic rings. The van der Waals surface area contributed by atoms with E-state index in [9.17, 15) is 0 Å². The largest absolute Gasteiger partial charge is 0.495 e. The molecule has 0 radical (unpaired) electrons. The van der Waals surface area contributed by atoms with E-state index in [4.69, 9.17) is 26.3 Å². The Morgan fingerprint density at radius 2 is 1.91 bits per heavy atom. The van der Waals surface area contributed by atoms with Gasteiger partial charge in [0.15, 0.2) is 0 Å². The predicted octanol–water partition coefficient (Wildman–Crippen LogP) is 6.27. The Hall–Kier alpha value is -1.89.